The summed E-state index contributed by atoms with van der Waals surface area (Å²) in [4.78, 5) is 10.7. The van der Waals surface area contributed by atoms with Crippen LogP contribution in [0.2, 0.25) is 0 Å². The average Bonchev–Trinajstić information content (AvgIpc) is 2.72. The first-order valence-electron chi connectivity index (χ1n) is 5.35. The van der Waals surface area contributed by atoms with Crippen LogP contribution >= 0.6 is 15.9 Å². The summed E-state index contributed by atoms with van der Waals surface area (Å²) in [5.74, 6) is -0.416. The van der Waals surface area contributed by atoms with Crippen molar-refractivity contribution in [3.8, 4) is 0 Å². The lowest BCUT2D eigenvalue weighted by molar-refractivity contribution is 0.177. The van der Waals surface area contributed by atoms with Crippen LogP contribution in [-0.2, 0) is 6.42 Å². The highest BCUT2D eigenvalue weighted by molar-refractivity contribution is 9.10. The predicted octanol–water partition coefficient (Wildman–Crippen LogP) is 1.14. The molecule has 6 nitrogen and oxygen atoms in total. The van der Waals surface area contributed by atoms with E-state index in [0.29, 0.717) is 6.54 Å². The third-order valence-corrected chi connectivity index (χ3v) is 2.75. The van der Waals surface area contributed by atoms with Gasteiger partial charge in [0.1, 0.15) is 0 Å². The number of hydrogen-bond donors (Lipinski definition) is 3. The maximum atomic E-state index is 10.7. The van der Waals surface area contributed by atoms with Crippen molar-refractivity contribution >= 4 is 21.6 Å². The summed E-state index contributed by atoms with van der Waals surface area (Å²) in [6.07, 6.45) is -0.504. The number of nitrogens with zero attached hydrogens (tertiary/aromatic N) is 1. The monoisotopic (exact) mass is 313 g/mol. The second-order valence-corrected chi connectivity index (χ2v) is 4.67. The van der Waals surface area contributed by atoms with E-state index in [-0.39, 0.29) is 12.3 Å². The Morgan fingerprint density at radius 1 is 1.56 bits per heavy atom. The van der Waals surface area contributed by atoms with E-state index in [2.05, 4.69) is 31.4 Å². The minimum Gasteiger partial charge on any atom is -0.392 e. The average molecular weight is 314 g/mol. The summed E-state index contributed by atoms with van der Waals surface area (Å²) >= 11 is 3.36. The van der Waals surface area contributed by atoms with Crippen molar-refractivity contribution in [2.75, 3.05) is 11.9 Å². The summed E-state index contributed by atoms with van der Waals surface area (Å²) < 4.78 is 5.67. The Balaban J connectivity index is 1.85. The minimum atomic E-state index is -0.685. The predicted molar refractivity (Wildman–Crippen MR) is 69.5 cm³/mol. The van der Waals surface area contributed by atoms with Crippen LogP contribution < -0.4 is 11.1 Å². The summed E-state index contributed by atoms with van der Waals surface area (Å²) in [7, 11) is 0. The van der Waals surface area contributed by atoms with Gasteiger partial charge >= 0.3 is 5.76 Å². The lowest BCUT2D eigenvalue weighted by atomic mass is 10.2. The molecule has 1 heterocycles. The largest absolute Gasteiger partial charge is 0.434 e. The van der Waals surface area contributed by atoms with Gasteiger partial charge in [0.05, 0.1) is 12.5 Å². The zero-order valence-electron chi connectivity index (χ0n) is 9.39. The van der Waals surface area contributed by atoms with E-state index in [9.17, 15) is 9.90 Å². The van der Waals surface area contributed by atoms with Gasteiger partial charge in [-0.05, 0) is 18.2 Å². The fourth-order valence-electron chi connectivity index (χ4n) is 1.46. The molecule has 2 rings (SSSR count). The number of rotatable bonds is 5. The van der Waals surface area contributed by atoms with Gasteiger partial charge in [-0.25, -0.2) is 9.89 Å². The Morgan fingerprint density at radius 2 is 2.39 bits per heavy atom. The number of aromatic nitrogens is 2. The lowest BCUT2D eigenvalue weighted by Crippen LogP contribution is -2.22. The Labute approximate surface area is 111 Å². The number of halogens is 1. The lowest BCUT2D eigenvalue weighted by Gasteiger charge is -2.11. The topological polar surface area (TPSA) is 91.2 Å². The molecule has 0 aliphatic heterocycles. The highest BCUT2D eigenvalue weighted by Gasteiger charge is 2.10. The highest BCUT2D eigenvalue weighted by Crippen LogP contribution is 2.15. The van der Waals surface area contributed by atoms with Crippen LogP contribution in [0.25, 0.3) is 0 Å². The third-order valence-electron chi connectivity index (χ3n) is 2.26. The van der Waals surface area contributed by atoms with Gasteiger partial charge in [-0.3, -0.25) is 0 Å². The van der Waals surface area contributed by atoms with Gasteiger partial charge in [-0.1, -0.05) is 22.0 Å². The molecule has 1 unspecified atom stereocenters. The number of benzene rings is 1. The molecule has 0 saturated carbocycles. The molecule has 2 aromatic rings. The number of nitrogens with one attached hydrogen (secondary N) is 2. The molecule has 96 valence electrons. The zero-order chi connectivity index (χ0) is 13.0. The molecule has 0 aliphatic carbocycles. The van der Waals surface area contributed by atoms with Gasteiger partial charge < -0.3 is 14.8 Å². The standard InChI is InChI=1S/C11H12BrN3O3/c12-7-2-1-3-8(4-7)13-6-9(16)5-10-14-15-11(17)18-10/h1-4,9,13,16H,5-6H2,(H,15,17). The molecule has 1 aromatic heterocycles. The highest BCUT2D eigenvalue weighted by atomic mass is 79.9. The SMILES string of the molecule is O=c1[nH]nc(CC(O)CNc2cccc(Br)c2)o1. The van der Waals surface area contributed by atoms with Crippen LogP contribution in [0.15, 0.2) is 37.9 Å². The Morgan fingerprint density at radius 3 is 3.06 bits per heavy atom. The van der Waals surface area contributed by atoms with Gasteiger partial charge in [0, 0.05) is 16.7 Å². The van der Waals surface area contributed by atoms with Crippen molar-refractivity contribution in [1.82, 2.24) is 10.2 Å². The van der Waals surface area contributed by atoms with Gasteiger partial charge in [0.25, 0.3) is 0 Å². The molecule has 3 N–H and O–H groups in total. The van der Waals surface area contributed by atoms with E-state index in [0.717, 1.165) is 10.2 Å². The van der Waals surface area contributed by atoms with E-state index >= 15 is 0 Å². The number of aliphatic hydroxyl groups excluding tert-OH is 1. The minimum absolute atomic E-state index is 0.180. The molecule has 0 fully saturated rings. The van der Waals surface area contributed by atoms with Crippen molar-refractivity contribution in [3.63, 3.8) is 0 Å². The number of aliphatic hydroxyl groups is 1. The second kappa shape index (κ2) is 5.83. The van der Waals surface area contributed by atoms with Crippen LogP contribution in [0.4, 0.5) is 5.69 Å². The number of H-pyrrole nitrogens is 1. The van der Waals surface area contributed by atoms with Crippen LogP contribution in [0.3, 0.4) is 0 Å². The van der Waals surface area contributed by atoms with E-state index in [4.69, 9.17) is 4.42 Å². The molecular weight excluding hydrogens is 302 g/mol. The first-order chi connectivity index (χ1) is 8.63. The second-order valence-electron chi connectivity index (χ2n) is 3.76. The Hall–Kier alpha value is -1.60. The van der Waals surface area contributed by atoms with Crippen molar-refractivity contribution < 1.29 is 9.52 Å². The van der Waals surface area contributed by atoms with Crippen molar-refractivity contribution in [2.24, 2.45) is 0 Å². The summed E-state index contributed by atoms with van der Waals surface area (Å²) in [5, 5.41) is 18.6. The molecule has 0 bridgehead atoms. The molecule has 0 amide bonds. The van der Waals surface area contributed by atoms with Gasteiger partial charge in [-0.15, -0.1) is 5.10 Å². The van der Waals surface area contributed by atoms with Crippen LogP contribution in [0.5, 0.6) is 0 Å². The van der Waals surface area contributed by atoms with Crippen molar-refractivity contribution in [3.05, 3.63) is 45.2 Å². The van der Waals surface area contributed by atoms with Crippen molar-refractivity contribution in [2.45, 2.75) is 12.5 Å². The molecule has 0 spiro atoms. The van der Waals surface area contributed by atoms with Gasteiger partial charge in [0.2, 0.25) is 5.89 Å². The maximum absolute atomic E-state index is 10.7. The molecule has 1 atom stereocenters. The van der Waals surface area contributed by atoms with Crippen LogP contribution in [0.1, 0.15) is 5.89 Å². The summed E-state index contributed by atoms with van der Waals surface area (Å²) in [5.41, 5.74) is 0.895. The number of aromatic amines is 1. The quantitative estimate of drug-likeness (QED) is 0.770. The third kappa shape index (κ3) is 3.71. The molecule has 0 radical (unpaired) electrons. The van der Waals surface area contributed by atoms with E-state index < -0.39 is 11.9 Å². The maximum Gasteiger partial charge on any atom is 0.434 e. The first-order valence-corrected chi connectivity index (χ1v) is 6.14. The molecule has 0 aliphatic rings. The van der Waals surface area contributed by atoms with E-state index in [1.165, 1.54) is 0 Å². The zero-order valence-corrected chi connectivity index (χ0v) is 11.0. The Bertz CT molecular complexity index is 566. The molecule has 18 heavy (non-hydrogen) atoms. The van der Waals surface area contributed by atoms with Crippen LogP contribution in [0, 0.1) is 0 Å². The molecule has 7 heteroatoms. The fourth-order valence-corrected chi connectivity index (χ4v) is 1.86. The van der Waals surface area contributed by atoms with Crippen LogP contribution in [-0.4, -0.2) is 28.0 Å². The smallest absolute Gasteiger partial charge is 0.392 e. The molecule has 1 aromatic carbocycles. The number of hydrogen-bond acceptors (Lipinski definition) is 5. The van der Waals surface area contributed by atoms with Gasteiger partial charge in [-0.2, -0.15) is 0 Å². The van der Waals surface area contributed by atoms with Crippen molar-refractivity contribution in [1.29, 1.82) is 0 Å². The van der Waals surface area contributed by atoms with E-state index in [1.807, 2.05) is 24.3 Å². The fraction of sp³-hybridized carbons (Fsp3) is 0.273. The summed E-state index contributed by atoms with van der Waals surface area (Å²) in [6, 6.07) is 7.61. The molecule has 0 saturated heterocycles. The molecular formula is C11H12BrN3O3. The summed E-state index contributed by atoms with van der Waals surface area (Å²) in [6.45, 7) is 0.340. The first kappa shape index (κ1) is 12.8. The van der Waals surface area contributed by atoms with E-state index in [1.54, 1.807) is 0 Å². The van der Waals surface area contributed by atoms with Gasteiger partial charge in [0.15, 0.2) is 0 Å². The normalized spacial score (nSPS) is 12.3. The number of anilines is 1. The Kier molecular flexibility index (Phi) is 4.16.